The second-order valence-electron chi connectivity index (χ2n) is 3.47. The van der Waals surface area contributed by atoms with Gasteiger partial charge in [0.1, 0.15) is 0 Å². The molecule has 0 saturated heterocycles. The fourth-order valence-corrected chi connectivity index (χ4v) is 0.794. The van der Waals surface area contributed by atoms with Gasteiger partial charge in [-0.1, -0.05) is 13.8 Å². The molecule has 70 valence electrons. The van der Waals surface area contributed by atoms with Gasteiger partial charge in [-0.25, -0.2) is 0 Å². The molecule has 2 nitrogen and oxygen atoms in total. The van der Waals surface area contributed by atoms with Gasteiger partial charge in [0.15, 0.2) is 0 Å². The Morgan fingerprint density at radius 3 is 2.42 bits per heavy atom. The molecule has 0 aliphatic carbocycles. The first kappa shape index (κ1) is 11.2. The molecule has 12 heavy (non-hydrogen) atoms. The van der Waals surface area contributed by atoms with Crippen LogP contribution in [0.25, 0.3) is 0 Å². The molecule has 0 radical (unpaired) electrons. The molecule has 0 aromatic rings. The predicted octanol–water partition coefficient (Wildman–Crippen LogP) is 2.23. The van der Waals surface area contributed by atoms with Gasteiger partial charge >= 0.3 is 0 Å². The van der Waals surface area contributed by atoms with Crippen molar-refractivity contribution in [1.29, 1.82) is 0 Å². The Morgan fingerprint density at radius 1 is 1.42 bits per heavy atom. The molecule has 0 rings (SSSR count). The highest BCUT2D eigenvalue weighted by atomic mass is 14.9. The largest absolute Gasteiger partial charge is 0.388 e. The van der Waals surface area contributed by atoms with Gasteiger partial charge in [0, 0.05) is 25.0 Å². The zero-order valence-electron chi connectivity index (χ0n) is 8.81. The minimum absolute atomic E-state index is 0.687. The Hall–Kier alpha value is -0.790. The van der Waals surface area contributed by atoms with Crippen molar-refractivity contribution in [2.24, 2.45) is 10.9 Å². The Kier molecular flexibility index (Phi) is 5.43. The summed E-state index contributed by atoms with van der Waals surface area (Å²) in [7, 11) is 1.81. The van der Waals surface area contributed by atoms with Crippen molar-refractivity contribution in [1.82, 2.24) is 5.32 Å². The first-order valence-electron chi connectivity index (χ1n) is 4.41. The summed E-state index contributed by atoms with van der Waals surface area (Å²) in [6.07, 6.45) is 2.06. The highest BCUT2D eigenvalue weighted by Gasteiger charge is 1.93. The van der Waals surface area contributed by atoms with E-state index in [-0.39, 0.29) is 0 Å². The third-order valence-electron chi connectivity index (χ3n) is 1.57. The SMILES string of the molecule is C/N=C(C)/C=C(/C)NCC(C)C. The second-order valence-corrected chi connectivity index (χ2v) is 3.47. The summed E-state index contributed by atoms with van der Waals surface area (Å²) in [4.78, 5) is 4.06. The van der Waals surface area contributed by atoms with Crippen LogP contribution in [-0.2, 0) is 0 Å². The minimum atomic E-state index is 0.687. The summed E-state index contributed by atoms with van der Waals surface area (Å²) in [6, 6.07) is 0. The molecule has 0 fully saturated rings. The van der Waals surface area contributed by atoms with Crippen molar-refractivity contribution in [3.05, 3.63) is 11.8 Å². The fraction of sp³-hybridized carbons (Fsp3) is 0.700. The number of hydrogen-bond acceptors (Lipinski definition) is 2. The molecular weight excluding hydrogens is 148 g/mol. The van der Waals surface area contributed by atoms with Crippen LogP contribution in [0.4, 0.5) is 0 Å². The molecule has 2 heteroatoms. The summed E-state index contributed by atoms with van der Waals surface area (Å²) in [6.45, 7) is 9.49. The smallest absolute Gasteiger partial charge is 0.0330 e. The summed E-state index contributed by atoms with van der Waals surface area (Å²) in [5.41, 5.74) is 2.25. The van der Waals surface area contributed by atoms with E-state index >= 15 is 0 Å². The van der Waals surface area contributed by atoms with Gasteiger partial charge in [0.2, 0.25) is 0 Å². The Balaban J connectivity index is 3.86. The predicted molar refractivity (Wildman–Crippen MR) is 55.6 cm³/mol. The standard InChI is InChI=1S/C10H20N2/c1-8(2)7-12-10(4)6-9(3)11-5/h6,8,12H,7H2,1-5H3/b10-6-,11-9+. The summed E-state index contributed by atoms with van der Waals surface area (Å²) in [5.74, 6) is 0.687. The van der Waals surface area contributed by atoms with Crippen LogP contribution in [0, 0.1) is 5.92 Å². The van der Waals surface area contributed by atoms with Gasteiger partial charge in [0.25, 0.3) is 0 Å². The summed E-state index contributed by atoms with van der Waals surface area (Å²) in [5, 5.41) is 3.33. The molecule has 0 atom stereocenters. The van der Waals surface area contributed by atoms with Gasteiger partial charge in [-0.2, -0.15) is 0 Å². The van der Waals surface area contributed by atoms with Crippen LogP contribution < -0.4 is 5.32 Å². The quantitative estimate of drug-likeness (QED) is 0.640. The number of nitrogens with zero attached hydrogens (tertiary/aromatic N) is 1. The van der Waals surface area contributed by atoms with Gasteiger partial charge in [0.05, 0.1) is 0 Å². The lowest BCUT2D eigenvalue weighted by atomic mass is 10.2. The average molecular weight is 168 g/mol. The second kappa shape index (κ2) is 5.81. The molecule has 0 amide bonds. The molecule has 0 aromatic carbocycles. The van der Waals surface area contributed by atoms with Crippen molar-refractivity contribution in [2.75, 3.05) is 13.6 Å². The van der Waals surface area contributed by atoms with Crippen LogP contribution >= 0.6 is 0 Å². The van der Waals surface area contributed by atoms with E-state index in [4.69, 9.17) is 0 Å². The maximum absolute atomic E-state index is 4.06. The molecule has 0 saturated carbocycles. The van der Waals surface area contributed by atoms with E-state index in [1.807, 2.05) is 14.0 Å². The van der Waals surface area contributed by atoms with Crippen LogP contribution in [-0.4, -0.2) is 19.3 Å². The molecule has 0 unspecified atom stereocenters. The maximum Gasteiger partial charge on any atom is 0.0330 e. The number of allylic oxidation sites excluding steroid dienone is 2. The number of aliphatic imine (C=N–C) groups is 1. The zero-order valence-corrected chi connectivity index (χ0v) is 8.81. The van der Waals surface area contributed by atoms with Gasteiger partial charge < -0.3 is 5.32 Å². The van der Waals surface area contributed by atoms with Crippen molar-refractivity contribution >= 4 is 5.71 Å². The molecule has 0 heterocycles. The highest BCUT2D eigenvalue weighted by Crippen LogP contribution is 1.93. The molecule has 1 N–H and O–H groups in total. The van der Waals surface area contributed by atoms with Crippen LogP contribution in [0.15, 0.2) is 16.8 Å². The first-order chi connectivity index (χ1) is 5.56. The molecule has 0 spiro atoms. The van der Waals surface area contributed by atoms with E-state index in [1.54, 1.807) is 0 Å². The van der Waals surface area contributed by atoms with E-state index < -0.39 is 0 Å². The highest BCUT2D eigenvalue weighted by molar-refractivity contribution is 5.93. The van der Waals surface area contributed by atoms with E-state index in [2.05, 4.69) is 37.2 Å². The lowest BCUT2D eigenvalue weighted by Gasteiger charge is -2.08. The molecule has 0 bridgehead atoms. The fourth-order valence-electron chi connectivity index (χ4n) is 0.794. The maximum atomic E-state index is 4.06. The number of hydrogen-bond donors (Lipinski definition) is 1. The van der Waals surface area contributed by atoms with Crippen molar-refractivity contribution < 1.29 is 0 Å². The van der Waals surface area contributed by atoms with Crippen molar-refractivity contribution in [3.8, 4) is 0 Å². The monoisotopic (exact) mass is 168 g/mol. The van der Waals surface area contributed by atoms with E-state index in [0.717, 1.165) is 12.3 Å². The third-order valence-corrected chi connectivity index (χ3v) is 1.57. The van der Waals surface area contributed by atoms with Gasteiger partial charge in [-0.05, 0) is 25.8 Å². The van der Waals surface area contributed by atoms with Crippen LogP contribution in [0.3, 0.4) is 0 Å². The van der Waals surface area contributed by atoms with E-state index in [1.165, 1.54) is 5.70 Å². The third kappa shape index (κ3) is 5.96. The normalized spacial score (nSPS) is 13.8. The number of nitrogens with one attached hydrogen (secondary N) is 1. The lowest BCUT2D eigenvalue weighted by molar-refractivity contribution is 0.596. The minimum Gasteiger partial charge on any atom is -0.388 e. The molecule has 0 aromatic heterocycles. The Bertz CT molecular complexity index is 178. The van der Waals surface area contributed by atoms with E-state index in [9.17, 15) is 0 Å². The van der Waals surface area contributed by atoms with Crippen molar-refractivity contribution in [3.63, 3.8) is 0 Å². The average Bonchev–Trinajstić information content (AvgIpc) is 2.00. The van der Waals surface area contributed by atoms with Gasteiger partial charge in [-0.15, -0.1) is 0 Å². The first-order valence-corrected chi connectivity index (χ1v) is 4.41. The van der Waals surface area contributed by atoms with Crippen LogP contribution in [0.2, 0.25) is 0 Å². The van der Waals surface area contributed by atoms with E-state index in [0.29, 0.717) is 5.92 Å². The Morgan fingerprint density at radius 2 is 2.00 bits per heavy atom. The van der Waals surface area contributed by atoms with Crippen molar-refractivity contribution in [2.45, 2.75) is 27.7 Å². The molecule has 0 aliphatic rings. The summed E-state index contributed by atoms with van der Waals surface area (Å²) < 4.78 is 0. The van der Waals surface area contributed by atoms with Gasteiger partial charge in [-0.3, -0.25) is 4.99 Å². The summed E-state index contributed by atoms with van der Waals surface area (Å²) >= 11 is 0. The zero-order chi connectivity index (χ0) is 9.56. The van der Waals surface area contributed by atoms with Crippen LogP contribution in [0.5, 0.6) is 0 Å². The van der Waals surface area contributed by atoms with Crippen LogP contribution in [0.1, 0.15) is 27.7 Å². The lowest BCUT2D eigenvalue weighted by Crippen LogP contribution is -2.17. The molecular formula is C10H20N2. The topological polar surface area (TPSA) is 24.4 Å². The Labute approximate surface area is 75.8 Å². The molecule has 0 aliphatic heterocycles. The number of rotatable bonds is 4.